The highest BCUT2D eigenvalue weighted by Crippen LogP contribution is 1.52. The molecule has 0 aromatic carbocycles. The summed E-state index contributed by atoms with van der Waals surface area (Å²) >= 11 is 0. The first-order valence-corrected chi connectivity index (χ1v) is 2.54. The first-order chi connectivity index (χ1) is 4.18. The molecule has 0 N–H and O–H groups in total. The zero-order valence-corrected chi connectivity index (χ0v) is 6.00. The van der Waals surface area contributed by atoms with E-state index in [0.717, 1.165) is 6.41 Å². The lowest BCUT2D eigenvalue weighted by atomic mass is 10.6. The van der Waals surface area contributed by atoms with Crippen LogP contribution in [0.15, 0.2) is 25.3 Å². The van der Waals surface area contributed by atoms with Crippen molar-refractivity contribution in [2.45, 2.75) is 0 Å². The number of amides is 1. The summed E-state index contributed by atoms with van der Waals surface area (Å²) in [6.07, 6.45) is 4.03. The minimum absolute atomic E-state index is 0.750. The van der Waals surface area contributed by atoms with Crippen LogP contribution in [0.3, 0.4) is 0 Å². The third-order valence-corrected chi connectivity index (χ3v) is 0.377. The van der Waals surface area contributed by atoms with Gasteiger partial charge in [-0.3, -0.25) is 4.79 Å². The van der Waals surface area contributed by atoms with E-state index in [1.807, 2.05) is 0 Å². The molecule has 0 saturated carbocycles. The molecule has 0 atom stereocenters. The maximum atomic E-state index is 9.43. The molecule has 0 saturated heterocycles. The van der Waals surface area contributed by atoms with Crippen molar-refractivity contribution in [2.75, 3.05) is 14.1 Å². The van der Waals surface area contributed by atoms with Gasteiger partial charge in [-0.25, -0.2) is 0 Å². The van der Waals surface area contributed by atoms with Crippen LogP contribution in [0.5, 0.6) is 0 Å². The van der Waals surface area contributed by atoms with Crippen molar-refractivity contribution >= 4 is 6.41 Å². The van der Waals surface area contributed by atoms with E-state index >= 15 is 0 Å². The topological polar surface area (TPSA) is 20.3 Å². The minimum atomic E-state index is 0.750. The second-order valence-corrected chi connectivity index (χ2v) is 1.54. The fourth-order valence-electron chi connectivity index (χ4n) is 0. The molecule has 0 heterocycles. The number of allylic oxidation sites excluding steroid dienone is 2. The van der Waals surface area contributed by atoms with E-state index in [2.05, 4.69) is 13.2 Å². The van der Waals surface area contributed by atoms with Gasteiger partial charge in [-0.05, 0) is 0 Å². The molecule has 0 aliphatic carbocycles. The standard InChI is InChI=1S/C4H6.C3H7NO/c1-3-4-2;1-4(2)3-5/h3-4H,1-2H2;3H,1-2H3. The van der Waals surface area contributed by atoms with E-state index in [1.165, 1.54) is 4.90 Å². The summed E-state index contributed by atoms with van der Waals surface area (Å²) in [5.41, 5.74) is 0. The Bertz CT molecular complexity index is 80.9. The number of carbonyl (C=O) groups excluding carboxylic acids is 1. The lowest BCUT2D eigenvalue weighted by Gasteiger charge is -1.93. The lowest BCUT2D eigenvalue weighted by molar-refractivity contribution is -0.115. The average Bonchev–Trinajstić information content (AvgIpc) is 1.89. The molecule has 0 radical (unpaired) electrons. The summed E-state index contributed by atoms with van der Waals surface area (Å²) in [7, 11) is 3.38. The first-order valence-electron chi connectivity index (χ1n) is 2.54. The fraction of sp³-hybridized carbons (Fsp3) is 0.286. The van der Waals surface area contributed by atoms with Crippen LogP contribution in [-0.2, 0) is 4.79 Å². The van der Waals surface area contributed by atoms with Gasteiger partial charge < -0.3 is 4.90 Å². The molecule has 0 rings (SSSR count). The zero-order chi connectivity index (χ0) is 7.70. The van der Waals surface area contributed by atoms with E-state index in [0.29, 0.717) is 0 Å². The summed E-state index contributed by atoms with van der Waals surface area (Å²) < 4.78 is 0. The van der Waals surface area contributed by atoms with E-state index in [9.17, 15) is 4.79 Å². The molecule has 0 bridgehead atoms. The Morgan fingerprint density at radius 3 is 1.44 bits per heavy atom. The van der Waals surface area contributed by atoms with Crippen LogP contribution in [-0.4, -0.2) is 25.4 Å². The summed E-state index contributed by atoms with van der Waals surface area (Å²) in [5.74, 6) is 0. The van der Waals surface area contributed by atoms with E-state index in [4.69, 9.17) is 0 Å². The van der Waals surface area contributed by atoms with Gasteiger partial charge in [0.1, 0.15) is 0 Å². The first kappa shape index (κ1) is 10.8. The van der Waals surface area contributed by atoms with Crippen molar-refractivity contribution in [1.29, 1.82) is 0 Å². The Hall–Kier alpha value is -1.05. The minimum Gasteiger partial charge on any atom is -0.351 e. The van der Waals surface area contributed by atoms with Gasteiger partial charge >= 0.3 is 0 Å². The van der Waals surface area contributed by atoms with Crippen molar-refractivity contribution in [3.8, 4) is 0 Å². The Kier molecular flexibility index (Phi) is 12.1. The number of rotatable bonds is 2. The normalized spacial score (nSPS) is 6.00. The SMILES string of the molecule is C=CC=C.CN(C)C=O. The average molecular weight is 127 g/mol. The molecule has 0 aromatic heterocycles. The lowest BCUT2D eigenvalue weighted by Crippen LogP contribution is -2.06. The van der Waals surface area contributed by atoms with Gasteiger partial charge in [0, 0.05) is 14.1 Å². The Morgan fingerprint density at radius 2 is 1.44 bits per heavy atom. The highest BCUT2D eigenvalue weighted by Gasteiger charge is 1.68. The zero-order valence-electron chi connectivity index (χ0n) is 6.00. The van der Waals surface area contributed by atoms with Gasteiger partial charge in [0.05, 0.1) is 0 Å². The summed E-state index contributed by atoms with van der Waals surface area (Å²) in [4.78, 5) is 10.9. The van der Waals surface area contributed by atoms with Crippen LogP contribution in [0, 0.1) is 0 Å². The molecule has 0 aromatic rings. The molecule has 52 valence electrons. The Balaban J connectivity index is 0. The smallest absolute Gasteiger partial charge is 0.209 e. The largest absolute Gasteiger partial charge is 0.351 e. The van der Waals surface area contributed by atoms with Gasteiger partial charge in [-0.15, -0.1) is 0 Å². The number of nitrogens with zero attached hydrogens (tertiary/aromatic N) is 1. The molecule has 0 aliphatic heterocycles. The molecule has 0 aliphatic rings. The maximum Gasteiger partial charge on any atom is 0.209 e. The van der Waals surface area contributed by atoms with Crippen molar-refractivity contribution in [3.05, 3.63) is 25.3 Å². The van der Waals surface area contributed by atoms with Crippen LogP contribution in [0.25, 0.3) is 0 Å². The van der Waals surface area contributed by atoms with Crippen LogP contribution in [0.1, 0.15) is 0 Å². The van der Waals surface area contributed by atoms with Crippen molar-refractivity contribution in [2.24, 2.45) is 0 Å². The fourth-order valence-corrected chi connectivity index (χ4v) is 0. The molecule has 0 unspecified atom stereocenters. The van der Waals surface area contributed by atoms with Crippen LogP contribution < -0.4 is 0 Å². The third kappa shape index (κ3) is 44.8. The highest BCUT2D eigenvalue weighted by atomic mass is 16.1. The Morgan fingerprint density at radius 1 is 1.22 bits per heavy atom. The number of carbonyl (C=O) groups is 1. The van der Waals surface area contributed by atoms with Gasteiger partial charge in [-0.2, -0.15) is 0 Å². The van der Waals surface area contributed by atoms with Gasteiger partial charge in [-0.1, -0.05) is 25.3 Å². The number of hydrogen-bond acceptors (Lipinski definition) is 1. The van der Waals surface area contributed by atoms with Crippen LogP contribution in [0.2, 0.25) is 0 Å². The molecular formula is C7H13NO. The van der Waals surface area contributed by atoms with E-state index in [-0.39, 0.29) is 0 Å². The highest BCUT2D eigenvalue weighted by molar-refractivity contribution is 5.45. The molecule has 2 heteroatoms. The third-order valence-electron chi connectivity index (χ3n) is 0.377. The number of hydrogen-bond donors (Lipinski definition) is 0. The van der Waals surface area contributed by atoms with Crippen molar-refractivity contribution in [1.82, 2.24) is 4.90 Å². The molecule has 9 heavy (non-hydrogen) atoms. The molecular weight excluding hydrogens is 114 g/mol. The predicted octanol–water partition coefficient (Wildman–Crippen LogP) is 1.06. The van der Waals surface area contributed by atoms with Crippen LogP contribution >= 0.6 is 0 Å². The van der Waals surface area contributed by atoms with Crippen LogP contribution in [0.4, 0.5) is 0 Å². The van der Waals surface area contributed by atoms with Gasteiger partial charge in [0.2, 0.25) is 6.41 Å². The maximum absolute atomic E-state index is 9.43. The van der Waals surface area contributed by atoms with Crippen molar-refractivity contribution in [3.63, 3.8) is 0 Å². The quantitative estimate of drug-likeness (QED) is 0.401. The second-order valence-electron chi connectivity index (χ2n) is 1.54. The summed E-state index contributed by atoms with van der Waals surface area (Å²) in [6, 6.07) is 0. The van der Waals surface area contributed by atoms with E-state index in [1.54, 1.807) is 26.2 Å². The molecule has 2 nitrogen and oxygen atoms in total. The predicted molar refractivity (Wildman–Crippen MR) is 40.1 cm³/mol. The summed E-state index contributed by atoms with van der Waals surface area (Å²) in [5, 5.41) is 0. The Labute approximate surface area is 56.5 Å². The monoisotopic (exact) mass is 127 g/mol. The molecule has 0 fully saturated rings. The van der Waals surface area contributed by atoms with Gasteiger partial charge in [0.25, 0.3) is 0 Å². The summed E-state index contributed by atoms with van der Waals surface area (Å²) in [6.45, 7) is 6.72. The van der Waals surface area contributed by atoms with E-state index < -0.39 is 0 Å². The molecule has 1 amide bonds. The van der Waals surface area contributed by atoms with Crippen molar-refractivity contribution < 1.29 is 4.79 Å². The molecule has 0 spiro atoms. The van der Waals surface area contributed by atoms with Gasteiger partial charge in [0.15, 0.2) is 0 Å². The second kappa shape index (κ2) is 10.0.